The lowest BCUT2D eigenvalue weighted by molar-refractivity contribution is 0.0525. The van der Waals surface area contributed by atoms with Crippen molar-refractivity contribution in [3.8, 4) is 11.5 Å². The van der Waals surface area contributed by atoms with Crippen LogP contribution in [0.25, 0.3) is 0 Å². The second-order valence-corrected chi connectivity index (χ2v) is 6.33. The number of allylic oxidation sites excluding steroid dienone is 1. The largest absolute Gasteiger partial charge is 0.462 e. The lowest BCUT2D eigenvalue weighted by Gasteiger charge is -2.19. The molecule has 0 heterocycles. The van der Waals surface area contributed by atoms with Crippen LogP contribution in [0.5, 0.6) is 11.5 Å². The Kier molecular flexibility index (Phi) is 6.96. The molecule has 3 nitrogen and oxygen atoms in total. The number of ether oxygens (including phenoxy) is 2. The molecule has 0 bridgehead atoms. The Morgan fingerprint density at radius 1 is 1.19 bits per heavy atom. The van der Waals surface area contributed by atoms with E-state index in [-0.39, 0.29) is 17.9 Å². The number of hydrogen-bond donors (Lipinski definition) is 0. The maximum absolute atomic E-state index is 14.2. The summed E-state index contributed by atoms with van der Waals surface area (Å²) < 4.78 is 24.7. The van der Waals surface area contributed by atoms with Gasteiger partial charge >= 0.3 is 5.97 Å². The van der Waals surface area contributed by atoms with Crippen molar-refractivity contribution in [2.75, 3.05) is 6.61 Å². The monoisotopic (exact) mass is 356 g/mol. The summed E-state index contributed by atoms with van der Waals surface area (Å²) in [6, 6.07) is 11.7. The Balaban J connectivity index is 2.09. The highest BCUT2D eigenvalue weighted by Crippen LogP contribution is 2.30. The fraction of sp³-hybridized carbons (Fsp3) is 0.318. The van der Waals surface area contributed by atoms with Gasteiger partial charge in [-0.3, -0.25) is 0 Å². The van der Waals surface area contributed by atoms with Crippen molar-refractivity contribution in [1.29, 1.82) is 0 Å². The second kappa shape index (κ2) is 9.18. The summed E-state index contributed by atoms with van der Waals surface area (Å²) in [4.78, 5) is 11.6. The molecule has 0 amide bonds. The van der Waals surface area contributed by atoms with E-state index in [1.165, 1.54) is 17.7 Å². The van der Waals surface area contributed by atoms with Gasteiger partial charge in [0.05, 0.1) is 12.2 Å². The lowest BCUT2D eigenvalue weighted by Crippen LogP contribution is -2.05. The van der Waals surface area contributed by atoms with E-state index in [4.69, 9.17) is 9.47 Å². The standard InChI is InChI=1S/C22H25FO3/c1-5-7-15(3)16(4)17-8-11-19(12-9-17)26-21-13-10-18(14-20(21)23)22(24)25-6-2/h5,8-16H,1,6-7H2,2-4H3. The van der Waals surface area contributed by atoms with Crippen LogP contribution in [0.3, 0.4) is 0 Å². The quantitative estimate of drug-likeness (QED) is 0.423. The van der Waals surface area contributed by atoms with E-state index < -0.39 is 11.8 Å². The SMILES string of the molecule is C=CCC(C)C(C)c1ccc(Oc2ccc(C(=O)OCC)cc2F)cc1. The topological polar surface area (TPSA) is 35.5 Å². The van der Waals surface area contributed by atoms with Crippen LogP contribution in [-0.2, 0) is 4.74 Å². The molecule has 2 aromatic carbocycles. The van der Waals surface area contributed by atoms with Gasteiger partial charge in [0.2, 0.25) is 0 Å². The first-order valence-electron chi connectivity index (χ1n) is 8.81. The van der Waals surface area contributed by atoms with Gasteiger partial charge in [-0.05, 0) is 61.1 Å². The van der Waals surface area contributed by atoms with Gasteiger partial charge in [0.15, 0.2) is 11.6 Å². The van der Waals surface area contributed by atoms with Crippen LogP contribution in [-0.4, -0.2) is 12.6 Å². The van der Waals surface area contributed by atoms with E-state index in [2.05, 4.69) is 20.4 Å². The predicted molar refractivity (Wildman–Crippen MR) is 101 cm³/mol. The molecule has 0 N–H and O–H groups in total. The zero-order chi connectivity index (χ0) is 19.1. The molecule has 0 aliphatic heterocycles. The maximum Gasteiger partial charge on any atom is 0.338 e. The molecule has 2 atom stereocenters. The van der Waals surface area contributed by atoms with Crippen molar-refractivity contribution in [1.82, 2.24) is 0 Å². The van der Waals surface area contributed by atoms with Crippen molar-refractivity contribution in [2.24, 2.45) is 5.92 Å². The summed E-state index contributed by atoms with van der Waals surface area (Å²) in [6.45, 7) is 10.1. The number of halogens is 1. The molecule has 0 aliphatic rings. The molecule has 138 valence electrons. The van der Waals surface area contributed by atoms with Crippen LogP contribution in [0.2, 0.25) is 0 Å². The van der Waals surface area contributed by atoms with Crippen LogP contribution >= 0.6 is 0 Å². The van der Waals surface area contributed by atoms with E-state index >= 15 is 0 Å². The second-order valence-electron chi connectivity index (χ2n) is 6.33. The molecular weight excluding hydrogens is 331 g/mol. The molecule has 2 rings (SSSR count). The molecule has 0 aliphatic carbocycles. The number of benzene rings is 2. The van der Waals surface area contributed by atoms with Crippen LogP contribution in [0.15, 0.2) is 55.1 Å². The molecule has 0 saturated carbocycles. The number of rotatable bonds is 8. The molecule has 26 heavy (non-hydrogen) atoms. The van der Waals surface area contributed by atoms with E-state index in [1.54, 1.807) is 6.92 Å². The lowest BCUT2D eigenvalue weighted by atomic mass is 9.87. The van der Waals surface area contributed by atoms with E-state index in [1.807, 2.05) is 30.3 Å². The predicted octanol–water partition coefficient (Wildman–Crippen LogP) is 6.11. The van der Waals surface area contributed by atoms with Gasteiger partial charge in [-0.2, -0.15) is 0 Å². The van der Waals surface area contributed by atoms with Crippen LogP contribution in [0, 0.1) is 11.7 Å². The molecule has 0 radical (unpaired) electrons. The zero-order valence-corrected chi connectivity index (χ0v) is 15.5. The van der Waals surface area contributed by atoms with Crippen molar-refractivity contribution >= 4 is 5.97 Å². The number of esters is 1. The third kappa shape index (κ3) is 4.94. The Bertz CT molecular complexity index is 752. The third-order valence-corrected chi connectivity index (χ3v) is 4.47. The maximum atomic E-state index is 14.2. The summed E-state index contributed by atoms with van der Waals surface area (Å²) in [6.07, 6.45) is 2.89. The molecule has 2 unspecified atom stereocenters. The molecule has 4 heteroatoms. The summed E-state index contributed by atoms with van der Waals surface area (Å²) in [7, 11) is 0. The number of carbonyl (C=O) groups is 1. The molecule has 0 spiro atoms. The highest BCUT2D eigenvalue weighted by atomic mass is 19.1. The summed E-state index contributed by atoms with van der Waals surface area (Å²) in [5.41, 5.74) is 1.36. The van der Waals surface area contributed by atoms with Gasteiger partial charge in [-0.1, -0.05) is 32.1 Å². The normalized spacial score (nSPS) is 12.9. The third-order valence-electron chi connectivity index (χ3n) is 4.47. The van der Waals surface area contributed by atoms with Gasteiger partial charge in [-0.15, -0.1) is 6.58 Å². The number of carbonyl (C=O) groups excluding carboxylic acids is 1. The smallest absolute Gasteiger partial charge is 0.338 e. The van der Waals surface area contributed by atoms with Gasteiger partial charge in [-0.25, -0.2) is 9.18 Å². The summed E-state index contributed by atoms with van der Waals surface area (Å²) in [5, 5.41) is 0. The molecular formula is C22H25FO3. The van der Waals surface area contributed by atoms with Crippen molar-refractivity contribution in [3.05, 3.63) is 72.1 Å². The fourth-order valence-electron chi connectivity index (χ4n) is 2.69. The van der Waals surface area contributed by atoms with Gasteiger partial charge < -0.3 is 9.47 Å². The Labute approximate surface area is 154 Å². The van der Waals surface area contributed by atoms with Crippen molar-refractivity contribution < 1.29 is 18.7 Å². The minimum Gasteiger partial charge on any atom is -0.462 e. The first kappa shape index (κ1) is 19.7. The Morgan fingerprint density at radius 2 is 1.88 bits per heavy atom. The Hall–Kier alpha value is -2.62. The Morgan fingerprint density at radius 3 is 2.46 bits per heavy atom. The minimum atomic E-state index is -0.604. The minimum absolute atomic E-state index is 0.0684. The fourth-order valence-corrected chi connectivity index (χ4v) is 2.69. The summed E-state index contributed by atoms with van der Waals surface area (Å²) in [5.74, 6) is 0.339. The zero-order valence-electron chi connectivity index (χ0n) is 15.5. The van der Waals surface area contributed by atoms with E-state index in [9.17, 15) is 9.18 Å². The summed E-state index contributed by atoms with van der Waals surface area (Å²) >= 11 is 0. The first-order chi connectivity index (χ1) is 12.5. The van der Waals surface area contributed by atoms with Crippen molar-refractivity contribution in [3.63, 3.8) is 0 Å². The van der Waals surface area contributed by atoms with Crippen LogP contribution in [0.4, 0.5) is 4.39 Å². The van der Waals surface area contributed by atoms with Gasteiger partial charge in [0.25, 0.3) is 0 Å². The average Bonchev–Trinajstić information content (AvgIpc) is 2.63. The average molecular weight is 356 g/mol. The van der Waals surface area contributed by atoms with E-state index in [0.717, 1.165) is 12.5 Å². The molecule has 0 saturated heterocycles. The molecule has 2 aromatic rings. The van der Waals surface area contributed by atoms with Crippen LogP contribution in [0.1, 0.15) is 49.0 Å². The van der Waals surface area contributed by atoms with E-state index in [0.29, 0.717) is 17.6 Å². The number of hydrogen-bond acceptors (Lipinski definition) is 3. The van der Waals surface area contributed by atoms with Crippen molar-refractivity contribution in [2.45, 2.75) is 33.1 Å². The van der Waals surface area contributed by atoms with Gasteiger partial charge in [0.1, 0.15) is 5.75 Å². The molecule has 0 fully saturated rings. The van der Waals surface area contributed by atoms with Gasteiger partial charge in [0, 0.05) is 0 Å². The first-order valence-corrected chi connectivity index (χ1v) is 8.81. The highest BCUT2D eigenvalue weighted by molar-refractivity contribution is 5.89. The highest BCUT2D eigenvalue weighted by Gasteiger charge is 2.14. The molecule has 0 aromatic heterocycles. The van der Waals surface area contributed by atoms with Crippen LogP contribution < -0.4 is 4.74 Å².